The molecule has 7 nitrogen and oxygen atoms in total. The topological polar surface area (TPSA) is 87.7 Å². The SMILES string of the molecule is CCNC(=O)N1CCc2cc(S(=O)(=O)NCc3ccc(OC)cc3)ccc21. The summed E-state index contributed by atoms with van der Waals surface area (Å²) in [7, 11) is -2.06. The highest BCUT2D eigenvalue weighted by Gasteiger charge is 2.26. The van der Waals surface area contributed by atoms with Crippen LogP contribution < -0.4 is 19.7 Å². The van der Waals surface area contributed by atoms with E-state index in [2.05, 4.69) is 10.0 Å². The van der Waals surface area contributed by atoms with Crippen LogP contribution in [-0.2, 0) is 23.0 Å². The van der Waals surface area contributed by atoms with Crippen molar-refractivity contribution in [2.24, 2.45) is 0 Å². The molecule has 1 heterocycles. The molecule has 0 bridgehead atoms. The van der Waals surface area contributed by atoms with Crippen molar-refractivity contribution in [1.82, 2.24) is 10.0 Å². The van der Waals surface area contributed by atoms with E-state index in [1.54, 1.807) is 36.3 Å². The van der Waals surface area contributed by atoms with Gasteiger partial charge < -0.3 is 10.1 Å². The maximum atomic E-state index is 12.6. The summed E-state index contributed by atoms with van der Waals surface area (Å²) in [6.45, 7) is 3.14. The fourth-order valence-corrected chi connectivity index (χ4v) is 4.08. The molecule has 1 aliphatic rings. The minimum Gasteiger partial charge on any atom is -0.497 e. The minimum atomic E-state index is -3.64. The molecule has 0 aliphatic carbocycles. The number of methoxy groups -OCH3 is 1. The highest BCUT2D eigenvalue weighted by Crippen LogP contribution is 2.30. The Bertz CT molecular complexity index is 926. The first-order valence-electron chi connectivity index (χ1n) is 8.75. The van der Waals surface area contributed by atoms with Gasteiger partial charge in [-0.3, -0.25) is 4.90 Å². The summed E-state index contributed by atoms with van der Waals surface area (Å²) in [6.07, 6.45) is 0.633. The first-order valence-corrected chi connectivity index (χ1v) is 10.2. The van der Waals surface area contributed by atoms with Crippen LogP contribution in [0.2, 0.25) is 0 Å². The summed E-state index contributed by atoms with van der Waals surface area (Å²) < 4.78 is 32.9. The van der Waals surface area contributed by atoms with Crippen molar-refractivity contribution in [2.75, 3.05) is 25.1 Å². The molecule has 0 atom stereocenters. The Kier molecular flexibility index (Phi) is 5.67. The second-order valence-corrected chi connectivity index (χ2v) is 7.97. The summed E-state index contributed by atoms with van der Waals surface area (Å²) in [5, 5.41) is 2.77. The molecule has 144 valence electrons. The fraction of sp³-hybridized carbons (Fsp3) is 0.316. The van der Waals surface area contributed by atoms with Gasteiger partial charge in [0.1, 0.15) is 5.75 Å². The standard InChI is InChI=1S/C19H23N3O4S/c1-3-20-19(23)22-11-10-15-12-17(8-9-18(15)22)27(24,25)21-13-14-4-6-16(26-2)7-5-14/h4-9,12,21H,3,10-11,13H2,1-2H3,(H,20,23). The lowest BCUT2D eigenvalue weighted by molar-refractivity contribution is 0.247. The number of urea groups is 1. The zero-order valence-electron chi connectivity index (χ0n) is 15.4. The van der Waals surface area contributed by atoms with Gasteiger partial charge in [0.25, 0.3) is 0 Å². The van der Waals surface area contributed by atoms with E-state index in [4.69, 9.17) is 4.74 Å². The number of nitrogens with one attached hydrogen (secondary N) is 2. The van der Waals surface area contributed by atoms with E-state index in [0.29, 0.717) is 19.5 Å². The number of benzene rings is 2. The third kappa shape index (κ3) is 4.23. The fourth-order valence-electron chi connectivity index (χ4n) is 3.01. The number of carbonyl (C=O) groups excluding carboxylic acids is 1. The van der Waals surface area contributed by atoms with E-state index in [9.17, 15) is 13.2 Å². The smallest absolute Gasteiger partial charge is 0.321 e. The lowest BCUT2D eigenvalue weighted by Gasteiger charge is -2.17. The van der Waals surface area contributed by atoms with Crippen molar-refractivity contribution in [2.45, 2.75) is 24.8 Å². The van der Waals surface area contributed by atoms with Crippen LogP contribution in [0.5, 0.6) is 5.75 Å². The van der Waals surface area contributed by atoms with Gasteiger partial charge in [-0.2, -0.15) is 0 Å². The maximum Gasteiger partial charge on any atom is 0.321 e. The molecule has 2 amide bonds. The lowest BCUT2D eigenvalue weighted by atomic mass is 10.2. The molecule has 0 fully saturated rings. The molecule has 0 unspecified atom stereocenters. The van der Waals surface area contributed by atoms with Gasteiger partial charge in [0.05, 0.1) is 12.0 Å². The number of hydrogen-bond acceptors (Lipinski definition) is 4. The molecule has 2 aromatic carbocycles. The first kappa shape index (κ1) is 19.2. The Morgan fingerprint density at radius 3 is 2.59 bits per heavy atom. The maximum absolute atomic E-state index is 12.6. The highest BCUT2D eigenvalue weighted by molar-refractivity contribution is 7.89. The molecule has 1 aliphatic heterocycles. The molecule has 8 heteroatoms. The normalized spacial score (nSPS) is 13.3. The van der Waals surface area contributed by atoms with Crippen LogP contribution in [0.15, 0.2) is 47.4 Å². The van der Waals surface area contributed by atoms with E-state index in [1.165, 1.54) is 6.07 Å². The number of anilines is 1. The van der Waals surface area contributed by atoms with Crippen molar-refractivity contribution in [3.8, 4) is 5.75 Å². The summed E-state index contributed by atoms with van der Waals surface area (Å²) in [6, 6.07) is 11.9. The molecule has 27 heavy (non-hydrogen) atoms. The van der Waals surface area contributed by atoms with Crippen LogP contribution in [0, 0.1) is 0 Å². The number of amides is 2. The molecule has 0 spiro atoms. The Hall–Kier alpha value is -2.58. The van der Waals surface area contributed by atoms with Crippen molar-refractivity contribution < 1.29 is 17.9 Å². The predicted molar refractivity (Wildman–Crippen MR) is 104 cm³/mol. The second-order valence-electron chi connectivity index (χ2n) is 6.20. The Labute approximate surface area is 159 Å². The second kappa shape index (κ2) is 7.98. The van der Waals surface area contributed by atoms with Crippen LogP contribution in [0.4, 0.5) is 10.5 Å². The van der Waals surface area contributed by atoms with Gasteiger partial charge >= 0.3 is 6.03 Å². The number of carbonyl (C=O) groups is 1. The van der Waals surface area contributed by atoms with E-state index in [0.717, 1.165) is 22.6 Å². The summed E-state index contributed by atoms with van der Waals surface area (Å²) in [4.78, 5) is 13.9. The van der Waals surface area contributed by atoms with Crippen molar-refractivity contribution in [3.05, 3.63) is 53.6 Å². The monoisotopic (exact) mass is 389 g/mol. The van der Waals surface area contributed by atoms with Crippen LogP contribution >= 0.6 is 0 Å². The molecule has 0 radical (unpaired) electrons. The number of rotatable bonds is 6. The number of hydrogen-bond donors (Lipinski definition) is 2. The zero-order valence-corrected chi connectivity index (χ0v) is 16.2. The molecule has 2 aromatic rings. The van der Waals surface area contributed by atoms with E-state index >= 15 is 0 Å². The van der Waals surface area contributed by atoms with E-state index in [-0.39, 0.29) is 17.5 Å². The van der Waals surface area contributed by atoms with Crippen molar-refractivity contribution in [1.29, 1.82) is 0 Å². The van der Waals surface area contributed by atoms with Gasteiger partial charge in [0, 0.05) is 25.3 Å². The van der Waals surface area contributed by atoms with E-state index < -0.39 is 10.0 Å². The average molecular weight is 389 g/mol. The van der Waals surface area contributed by atoms with Gasteiger partial charge in [-0.15, -0.1) is 0 Å². The van der Waals surface area contributed by atoms with Crippen molar-refractivity contribution in [3.63, 3.8) is 0 Å². The minimum absolute atomic E-state index is 0.163. The van der Waals surface area contributed by atoms with E-state index in [1.807, 2.05) is 19.1 Å². The van der Waals surface area contributed by atoms with Gasteiger partial charge in [-0.05, 0) is 54.8 Å². The lowest BCUT2D eigenvalue weighted by Crippen LogP contribution is -2.38. The number of sulfonamides is 1. The third-order valence-electron chi connectivity index (χ3n) is 4.46. The van der Waals surface area contributed by atoms with Crippen LogP contribution in [0.3, 0.4) is 0 Å². The van der Waals surface area contributed by atoms with Crippen LogP contribution in [-0.4, -0.2) is 34.6 Å². The molecular weight excluding hydrogens is 366 g/mol. The Morgan fingerprint density at radius 1 is 1.19 bits per heavy atom. The largest absolute Gasteiger partial charge is 0.497 e. The molecule has 0 saturated carbocycles. The molecule has 0 aromatic heterocycles. The predicted octanol–water partition coefficient (Wildman–Crippen LogP) is 2.27. The Balaban J connectivity index is 1.73. The number of fused-ring (bicyclic) bond motifs is 1. The van der Waals surface area contributed by atoms with Crippen LogP contribution in [0.1, 0.15) is 18.1 Å². The Morgan fingerprint density at radius 2 is 1.93 bits per heavy atom. The van der Waals surface area contributed by atoms with Gasteiger partial charge in [0.15, 0.2) is 0 Å². The zero-order chi connectivity index (χ0) is 19.4. The van der Waals surface area contributed by atoms with Gasteiger partial charge in [-0.1, -0.05) is 12.1 Å². The molecular formula is C19H23N3O4S. The highest BCUT2D eigenvalue weighted by atomic mass is 32.2. The number of ether oxygens (including phenoxy) is 1. The van der Waals surface area contributed by atoms with Crippen molar-refractivity contribution >= 4 is 21.7 Å². The first-order chi connectivity index (χ1) is 12.9. The summed E-state index contributed by atoms with van der Waals surface area (Å²) in [5.41, 5.74) is 2.45. The quantitative estimate of drug-likeness (QED) is 0.793. The van der Waals surface area contributed by atoms with Crippen LogP contribution in [0.25, 0.3) is 0 Å². The van der Waals surface area contributed by atoms with Gasteiger partial charge in [0.2, 0.25) is 10.0 Å². The molecule has 0 saturated heterocycles. The number of nitrogens with zero attached hydrogens (tertiary/aromatic N) is 1. The van der Waals surface area contributed by atoms with Gasteiger partial charge in [-0.25, -0.2) is 17.9 Å². The molecule has 2 N–H and O–H groups in total. The average Bonchev–Trinajstić information content (AvgIpc) is 3.10. The third-order valence-corrected chi connectivity index (χ3v) is 5.85. The summed E-state index contributed by atoms with van der Waals surface area (Å²) in [5.74, 6) is 0.719. The molecule has 3 rings (SSSR count). The summed E-state index contributed by atoms with van der Waals surface area (Å²) >= 11 is 0.